The summed E-state index contributed by atoms with van der Waals surface area (Å²) in [5.41, 5.74) is 9.14. The first-order valence-corrected chi connectivity index (χ1v) is 25.1. The summed E-state index contributed by atoms with van der Waals surface area (Å²) in [6.07, 6.45) is 6.80. The number of nitrogens with zero attached hydrogens (tertiary/aromatic N) is 7. The second kappa shape index (κ2) is 20.1. The number of fused-ring (bicyclic) bond motifs is 2. The number of nitrogens with one attached hydrogen (secondary N) is 3. The van der Waals surface area contributed by atoms with E-state index in [0.717, 1.165) is 53.1 Å². The Morgan fingerprint density at radius 1 is 0.877 bits per heavy atom. The average Bonchev–Trinajstić information content (AvgIpc) is 4.08. The number of aromatic amines is 1. The summed E-state index contributed by atoms with van der Waals surface area (Å²) < 4.78 is 14.3. The number of H-pyrrole nitrogens is 1. The van der Waals surface area contributed by atoms with Gasteiger partial charge in [0.05, 0.1) is 36.7 Å². The maximum absolute atomic E-state index is 14.2. The van der Waals surface area contributed by atoms with Gasteiger partial charge in [-0.05, 0) is 87.1 Å². The minimum atomic E-state index is -1.29. The first-order chi connectivity index (χ1) is 35.2. The number of carbonyl (C=O) groups is 5. The Bertz CT molecular complexity index is 3180. The van der Waals surface area contributed by atoms with E-state index in [4.69, 9.17) is 25.2 Å². The fourth-order valence-electron chi connectivity index (χ4n) is 10.8. The molecular formula is C54H61N11O8. The van der Waals surface area contributed by atoms with Crippen LogP contribution < -0.4 is 36.5 Å². The molecule has 6 heterocycles. The maximum atomic E-state index is 14.2. The van der Waals surface area contributed by atoms with Gasteiger partial charge in [0.15, 0.2) is 5.60 Å². The van der Waals surface area contributed by atoms with E-state index in [1.807, 2.05) is 65.7 Å². The van der Waals surface area contributed by atoms with Gasteiger partial charge in [-0.1, -0.05) is 36.4 Å². The number of benzene rings is 3. The molecule has 3 aromatic heterocycles. The van der Waals surface area contributed by atoms with Crippen LogP contribution in [0.5, 0.6) is 5.75 Å². The van der Waals surface area contributed by atoms with Crippen molar-refractivity contribution in [3.63, 3.8) is 0 Å². The highest BCUT2D eigenvalue weighted by Gasteiger charge is 2.45. The summed E-state index contributed by atoms with van der Waals surface area (Å²) in [7, 11) is 3.24. The molecule has 1 saturated carbocycles. The van der Waals surface area contributed by atoms with Crippen LogP contribution in [0, 0.1) is 0 Å². The highest BCUT2D eigenvalue weighted by atomic mass is 16.5. The molecule has 3 atom stereocenters. The Hall–Kier alpha value is -7.64. The van der Waals surface area contributed by atoms with E-state index >= 15 is 0 Å². The number of urea groups is 1. The van der Waals surface area contributed by atoms with Crippen LogP contribution in [0.15, 0.2) is 90.0 Å². The third-order valence-corrected chi connectivity index (χ3v) is 14.8. The van der Waals surface area contributed by atoms with Gasteiger partial charge in [0, 0.05) is 111 Å². The number of ether oxygens (including phenoxy) is 2. The van der Waals surface area contributed by atoms with Crippen LogP contribution >= 0.6 is 0 Å². The third kappa shape index (κ3) is 9.73. The van der Waals surface area contributed by atoms with Gasteiger partial charge in [-0.3, -0.25) is 39.1 Å². The SMILES string of the molecule is COc1ccc(C(=O)N2C[C@@H](C)N(C3CCN(c4nc([C@@](CNC(=O)CCC(N)=O)(OC5CC5)c5ccccc5)c5cc(-c6cn(C)c(=O)c7[nH]ccc67)ccc5n4)CC3)C[C@@H]2C)cc1N1CCC(=O)NC1=O. The van der Waals surface area contributed by atoms with Crippen molar-refractivity contribution in [2.45, 2.75) is 88.6 Å². The summed E-state index contributed by atoms with van der Waals surface area (Å²) in [6.45, 7) is 6.93. The number of amides is 6. The van der Waals surface area contributed by atoms with Crippen molar-refractivity contribution in [2.75, 3.05) is 56.2 Å². The number of piperazine rings is 1. The minimum absolute atomic E-state index is 0.0206. The molecule has 4 fully saturated rings. The third-order valence-electron chi connectivity index (χ3n) is 14.8. The lowest BCUT2D eigenvalue weighted by atomic mass is 9.86. The van der Waals surface area contributed by atoms with Gasteiger partial charge in [-0.2, -0.15) is 0 Å². The predicted octanol–water partition coefficient (Wildman–Crippen LogP) is 4.94. The van der Waals surface area contributed by atoms with Crippen molar-refractivity contribution in [2.24, 2.45) is 12.8 Å². The molecule has 4 aliphatic rings. The first kappa shape index (κ1) is 49.0. The average molecular weight is 992 g/mol. The summed E-state index contributed by atoms with van der Waals surface area (Å²) in [4.78, 5) is 99.2. The largest absolute Gasteiger partial charge is 0.495 e. The fourth-order valence-corrected chi connectivity index (χ4v) is 10.8. The molecular weight excluding hydrogens is 931 g/mol. The second-order valence-electron chi connectivity index (χ2n) is 19.8. The van der Waals surface area contributed by atoms with Crippen LogP contribution in [0.4, 0.5) is 16.4 Å². The lowest BCUT2D eigenvalue weighted by molar-refractivity contribution is -0.126. The molecule has 380 valence electrons. The zero-order valence-corrected chi connectivity index (χ0v) is 41.6. The van der Waals surface area contributed by atoms with Gasteiger partial charge >= 0.3 is 6.03 Å². The van der Waals surface area contributed by atoms with E-state index in [9.17, 15) is 28.8 Å². The van der Waals surface area contributed by atoms with Crippen LogP contribution in [-0.4, -0.2) is 130 Å². The number of pyridine rings is 1. The van der Waals surface area contributed by atoms with E-state index in [2.05, 4.69) is 39.3 Å². The Kier molecular flexibility index (Phi) is 13.5. The van der Waals surface area contributed by atoms with Gasteiger partial charge in [0.2, 0.25) is 23.7 Å². The van der Waals surface area contributed by atoms with E-state index in [1.165, 1.54) is 12.0 Å². The number of aryl methyl sites for hydroxylation is 1. The quantitative estimate of drug-likeness (QED) is 0.107. The number of hydrogen-bond acceptors (Lipinski definition) is 12. The number of rotatable bonds is 15. The molecule has 73 heavy (non-hydrogen) atoms. The normalized spacial score (nSPS) is 19.8. The zero-order chi connectivity index (χ0) is 51.1. The van der Waals surface area contributed by atoms with Crippen molar-refractivity contribution >= 4 is 63.1 Å². The maximum Gasteiger partial charge on any atom is 0.328 e. The van der Waals surface area contributed by atoms with Crippen molar-refractivity contribution < 1.29 is 33.4 Å². The Morgan fingerprint density at radius 3 is 2.38 bits per heavy atom. The Morgan fingerprint density at radius 2 is 1.66 bits per heavy atom. The summed E-state index contributed by atoms with van der Waals surface area (Å²) >= 11 is 0. The van der Waals surface area contributed by atoms with Gasteiger partial charge in [-0.25, -0.2) is 14.8 Å². The second-order valence-corrected chi connectivity index (χ2v) is 19.8. The highest BCUT2D eigenvalue weighted by molar-refractivity contribution is 6.07. The van der Waals surface area contributed by atoms with Gasteiger partial charge in [-0.15, -0.1) is 0 Å². The monoisotopic (exact) mass is 991 g/mol. The summed E-state index contributed by atoms with van der Waals surface area (Å²) in [6, 6.07) is 22.4. The standard InChI is InChI=1S/C54H61N11O8/c1-32-29-65(50(69)35-11-15-44(72-4)43(27-35)63-25-21-47(68)59-53(63)71)33(2)28-64(32)37-19-23-62(24-20-37)52-58-42-14-10-34(41-30-61(3)51(70)48-39(41)18-22-56-48)26-40(42)49(60-52)54(73-38-12-13-38,36-8-6-5-7-9-36)31-57-46(67)17-16-45(55)66/h5-11,14-15,18,22,26-27,30,32-33,37-38,56H,12-13,16-17,19-21,23-25,28-29,31H2,1-4H3,(H2,55,66)(H,57,67)(H,59,68,71)/t32-,33+,54+/m1/s1. The van der Waals surface area contributed by atoms with Crippen molar-refractivity contribution in [1.82, 2.24) is 40.0 Å². The topological polar surface area (TPSA) is 230 Å². The van der Waals surface area contributed by atoms with Crippen LogP contribution in [0.25, 0.3) is 32.9 Å². The summed E-state index contributed by atoms with van der Waals surface area (Å²) in [5, 5.41) is 6.95. The zero-order valence-electron chi connectivity index (χ0n) is 41.6. The number of carbonyl (C=O) groups excluding carboxylic acids is 5. The van der Waals surface area contributed by atoms with Crippen LogP contribution in [0.3, 0.4) is 0 Å². The van der Waals surface area contributed by atoms with Gasteiger partial charge < -0.3 is 39.9 Å². The van der Waals surface area contributed by atoms with E-state index in [-0.39, 0.29) is 79.9 Å². The molecule has 3 saturated heterocycles. The number of hydrogen-bond donors (Lipinski definition) is 4. The van der Waals surface area contributed by atoms with Gasteiger partial charge in [0.25, 0.3) is 11.5 Å². The van der Waals surface area contributed by atoms with E-state index in [0.29, 0.717) is 65.9 Å². The number of aromatic nitrogens is 4. The molecule has 0 radical (unpaired) electrons. The van der Waals surface area contributed by atoms with Crippen molar-refractivity contribution in [3.05, 3.63) is 112 Å². The number of piperidine rings is 1. The molecule has 5 N–H and O–H groups in total. The lowest BCUT2D eigenvalue weighted by Crippen LogP contribution is -2.61. The summed E-state index contributed by atoms with van der Waals surface area (Å²) in [5.74, 6) is -0.428. The number of nitrogens with two attached hydrogens (primary N) is 1. The molecule has 6 amide bonds. The van der Waals surface area contributed by atoms with Crippen molar-refractivity contribution in [1.29, 1.82) is 0 Å². The molecule has 19 heteroatoms. The van der Waals surface area contributed by atoms with Gasteiger partial charge in [0.1, 0.15) is 11.3 Å². The predicted molar refractivity (Wildman–Crippen MR) is 275 cm³/mol. The molecule has 19 nitrogen and oxygen atoms in total. The molecule has 3 aliphatic heterocycles. The molecule has 1 aliphatic carbocycles. The Labute approximate surface area is 422 Å². The molecule has 6 aromatic rings. The minimum Gasteiger partial charge on any atom is -0.495 e. The molecule has 10 rings (SSSR count). The van der Waals surface area contributed by atoms with E-state index < -0.39 is 17.5 Å². The fraction of sp³-hybridized carbons (Fsp3) is 0.407. The van der Waals surface area contributed by atoms with Crippen LogP contribution in [0.1, 0.15) is 80.4 Å². The van der Waals surface area contributed by atoms with Crippen LogP contribution in [-0.2, 0) is 31.8 Å². The smallest absolute Gasteiger partial charge is 0.328 e. The Balaban J connectivity index is 0.948. The molecule has 0 bridgehead atoms. The highest BCUT2D eigenvalue weighted by Crippen LogP contribution is 2.44. The van der Waals surface area contributed by atoms with Crippen molar-refractivity contribution in [3.8, 4) is 16.9 Å². The molecule has 3 aromatic carbocycles. The number of methoxy groups -OCH3 is 1. The number of anilines is 2. The molecule has 0 unspecified atom stereocenters. The number of primary amides is 1. The number of imide groups is 1. The van der Waals surface area contributed by atoms with E-state index in [1.54, 1.807) is 36.0 Å². The first-order valence-electron chi connectivity index (χ1n) is 25.1. The molecule has 0 spiro atoms. The lowest BCUT2D eigenvalue weighted by Gasteiger charge is -2.49. The van der Waals surface area contributed by atoms with Crippen LogP contribution in [0.2, 0.25) is 0 Å².